The Balaban J connectivity index is 1.17. The van der Waals surface area contributed by atoms with Crippen molar-refractivity contribution < 1.29 is 48.7 Å². The van der Waals surface area contributed by atoms with E-state index in [2.05, 4.69) is 33.2 Å². The van der Waals surface area contributed by atoms with Crippen molar-refractivity contribution >= 4 is 10.8 Å². The van der Waals surface area contributed by atoms with Gasteiger partial charge in [-0.2, -0.15) is 4.57 Å². The maximum atomic E-state index is 10.4. The Hall–Kier alpha value is -4.01. The van der Waals surface area contributed by atoms with E-state index >= 15 is 0 Å². The van der Waals surface area contributed by atoms with Crippen LogP contribution in [0.25, 0.3) is 22.0 Å². The number of nitrogens with zero attached hydrogens (tertiary/aromatic N) is 4. The zero-order valence-electron chi connectivity index (χ0n) is 22.1. The van der Waals surface area contributed by atoms with Crippen LogP contribution >= 0.6 is 0 Å². The molecular formula is C28H29N4O9+. The number of hydrogen-bond donors (Lipinski definition) is 4. The second-order valence-electron chi connectivity index (χ2n) is 10.3. The van der Waals surface area contributed by atoms with Gasteiger partial charge >= 0.3 is 0 Å². The minimum Gasteiger partial charge on any atom is -0.493 e. The SMILES string of the molecule is COc1ccc2cc3[n+](cc2c1OCc1cn([C@H]2O[C@H](CO)[C@@H](O)[C@H](O)[C@@H]2O)nn1)CCc1cc2c(cc1-3)OCO2. The molecule has 0 spiro atoms. The number of hydrogen-bond acceptors (Lipinski definition) is 11. The zero-order valence-corrected chi connectivity index (χ0v) is 22.1. The number of rotatable bonds is 6. The number of aryl methyl sites for hydroxylation is 2. The molecule has 1 saturated heterocycles. The molecule has 13 heteroatoms. The number of benzene rings is 2. The molecule has 0 aliphatic carbocycles. The summed E-state index contributed by atoms with van der Waals surface area (Å²) in [6, 6.07) is 10.1. The number of methoxy groups -OCH3 is 1. The van der Waals surface area contributed by atoms with Crippen LogP contribution in [0.4, 0.5) is 0 Å². The van der Waals surface area contributed by atoms with E-state index in [0.29, 0.717) is 17.2 Å². The average Bonchev–Trinajstić information content (AvgIpc) is 3.66. The molecule has 2 aromatic carbocycles. The first kappa shape index (κ1) is 25.9. The summed E-state index contributed by atoms with van der Waals surface area (Å²) < 4.78 is 32.0. The molecule has 5 atom stereocenters. The van der Waals surface area contributed by atoms with Crippen molar-refractivity contribution in [3.8, 4) is 34.3 Å². The molecule has 4 N–H and O–H groups in total. The average molecular weight is 566 g/mol. The third kappa shape index (κ3) is 4.33. The lowest BCUT2D eigenvalue weighted by molar-refractivity contribution is -0.686. The highest BCUT2D eigenvalue weighted by Crippen LogP contribution is 2.42. The van der Waals surface area contributed by atoms with Crippen LogP contribution in [0.2, 0.25) is 0 Å². The standard InChI is InChI=1S/C28H29N4O9/c1-37-20-3-2-14-6-19-17-8-22-21(39-13-40-22)7-15(17)4-5-31(19)10-18(14)27(20)38-12-16-9-32(30-29-16)28-26(36)25(35)24(34)23(11-33)41-28/h2-3,6-10,23-26,28,33-36H,4-5,11-13H2,1H3/q+1/t23-,24-,25+,26+,28+/m1/s1. The van der Waals surface area contributed by atoms with Gasteiger partial charge in [-0.1, -0.05) is 5.21 Å². The van der Waals surface area contributed by atoms with Crippen LogP contribution in [0.15, 0.2) is 42.7 Å². The number of aromatic nitrogens is 4. The topological polar surface area (TPSA) is 162 Å². The van der Waals surface area contributed by atoms with Gasteiger partial charge < -0.3 is 44.1 Å². The number of pyridine rings is 1. The normalized spacial score (nSPS) is 24.7. The van der Waals surface area contributed by atoms with Crippen molar-refractivity contribution in [3.63, 3.8) is 0 Å². The fourth-order valence-electron chi connectivity index (χ4n) is 5.66. The van der Waals surface area contributed by atoms with Crippen LogP contribution in [-0.4, -0.2) is 80.3 Å². The van der Waals surface area contributed by atoms with Gasteiger partial charge in [0.2, 0.25) is 12.5 Å². The van der Waals surface area contributed by atoms with Crippen molar-refractivity contribution in [2.24, 2.45) is 0 Å². The molecule has 0 amide bonds. The minimum atomic E-state index is -1.52. The van der Waals surface area contributed by atoms with Crippen molar-refractivity contribution in [1.82, 2.24) is 15.0 Å². The van der Waals surface area contributed by atoms with Gasteiger partial charge in [0.1, 0.15) is 36.7 Å². The van der Waals surface area contributed by atoms with Crippen LogP contribution < -0.4 is 23.5 Å². The number of aliphatic hydroxyl groups is 4. The molecule has 4 aromatic rings. The largest absolute Gasteiger partial charge is 0.493 e. The second kappa shape index (κ2) is 10.1. The number of fused-ring (bicyclic) bond motifs is 5. The lowest BCUT2D eigenvalue weighted by atomic mass is 9.95. The molecule has 7 rings (SSSR count). The molecule has 3 aliphatic heterocycles. The van der Waals surface area contributed by atoms with Crippen molar-refractivity contribution in [1.29, 1.82) is 0 Å². The molecule has 0 radical (unpaired) electrons. The molecule has 0 bridgehead atoms. The lowest BCUT2D eigenvalue weighted by Crippen LogP contribution is -2.56. The molecule has 0 saturated carbocycles. The van der Waals surface area contributed by atoms with Crippen LogP contribution in [0, 0.1) is 0 Å². The summed E-state index contributed by atoms with van der Waals surface area (Å²) in [5, 5.41) is 50.0. The van der Waals surface area contributed by atoms with Crippen LogP contribution in [0.1, 0.15) is 17.5 Å². The zero-order chi connectivity index (χ0) is 28.2. The first-order chi connectivity index (χ1) is 19.9. The first-order valence-electron chi connectivity index (χ1n) is 13.3. The van der Waals surface area contributed by atoms with Gasteiger partial charge in [-0.15, -0.1) is 5.10 Å². The summed E-state index contributed by atoms with van der Waals surface area (Å²) in [6.45, 7) is 0.500. The molecule has 0 unspecified atom stereocenters. The van der Waals surface area contributed by atoms with Crippen molar-refractivity contribution in [3.05, 3.63) is 54.0 Å². The maximum absolute atomic E-state index is 10.4. The van der Waals surface area contributed by atoms with E-state index in [1.165, 1.54) is 16.4 Å². The Labute approximate surface area is 233 Å². The molecule has 41 heavy (non-hydrogen) atoms. The van der Waals surface area contributed by atoms with Crippen LogP contribution in [0.5, 0.6) is 23.0 Å². The third-order valence-corrected chi connectivity index (χ3v) is 7.85. The molecule has 5 heterocycles. The monoisotopic (exact) mass is 565 g/mol. The Bertz CT molecular complexity index is 1620. The molecule has 214 valence electrons. The Morgan fingerprint density at radius 2 is 1.90 bits per heavy atom. The smallest absolute Gasteiger partial charge is 0.231 e. The predicted octanol–water partition coefficient (Wildman–Crippen LogP) is 0.231. The number of ether oxygens (including phenoxy) is 5. The van der Waals surface area contributed by atoms with E-state index in [9.17, 15) is 20.4 Å². The van der Waals surface area contributed by atoms with Crippen LogP contribution in [0.3, 0.4) is 0 Å². The number of aliphatic hydroxyl groups excluding tert-OH is 4. The van der Waals surface area contributed by atoms with Gasteiger partial charge in [0, 0.05) is 12.5 Å². The van der Waals surface area contributed by atoms with Gasteiger partial charge in [0.05, 0.1) is 30.9 Å². The predicted molar refractivity (Wildman–Crippen MR) is 139 cm³/mol. The third-order valence-electron chi connectivity index (χ3n) is 7.85. The lowest BCUT2D eigenvalue weighted by Gasteiger charge is -2.39. The van der Waals surface area contributed by atoms with Crippen molar-refractivity contribution in [2.75, 3.05) is 20.5 Å². The quantitative estimate of drug-likeness (QED) is 0.237. The van der Waals surface area contributed by atoms with Crippen LogP contribution in [-0.2, 0) is 24.3 Å². The fourth-order valence-corrected chi connectivity index (χ4v) is 5.66. The Morgan fingerprint density at radius 1 is 1.07 bits per heavy atom. The van der Waals surface area contributed by atoms with E-state index < -0.39 is 37.3 Å². The molecule has 3 aliphatic rings. The van der Waals surface area contributed by atoms with Gasteiger partial charge in [0.25, 0.3) is 0 Å². The maximum Gasteiger partial charge on any atom is 0.231 e. The first-order valence-corrected chi connectivity index (χ1v) is 13.3. The summed E-state index contributed by atoms with van der Waals surface area (Å²) in [5.41, 5.74) is 3.80. The van der Waals surface area contributed by atoms with E-state index in [0.717, 1.165) is 46.5 Å². The molecular weight excluding hydrogens is 536 g/mol. The minimum absolute atomic E-state index is 0.0287. The van der Waals surface area contributed by atoms with Gasteiger partial charge in [-0.25, -0.2) is 4.68 Å². The summed E-state index contributed by atoms with van der Waals surface area (Å²) in [6.07, 6.45) is -2.25. The van der Waals surface area contributed by atoms with E-state index in [4.69, 9.17) is 23.7 Å². The van der Waals surface area contributed by atoms with Gasteiger partial charge in [-0.05, 0) is 35.2 Å². The Kier molecular flexibility index (Phi) is 6.40. The molecule has 13 nitrogen and oxygen atoms in total. The second-order valence-corrected chi connectivity index (χ2v) is 10.3. The van der Waals surface area contributed by atoms with Gasteiger partial charge in [0.15, 0.2) is 42.0 Å². The van der Waals surface area contributed by atoms with E-state index in [1.807, 2.05) is 18.2 Å². The summed E-state index contributed by atoms with van der Waals surface area (Å²) >= 11 is 0. The highest BCUT2D eigenvalue weighted by molar-refractivity contribution is 5.91. The highest BCUT2D eigenvalue weighted by Gasteiger charge is 2.44. The van der Waals surface area contributed by atoms with E-state index in [-0.39, 0.29) is 13.4 Å². The van der Waals surface area contributed by atoms with Crippen molar-refractivity contribution in [2.45, 2.75) is 50.2 Å². The molecule has 1 fully saturated rings. The molecule has 2 aromatic heterocycles. The van der Waals surface area contributed by atoms with E-state index in [1.54, 1.807) is 7.11 Å². The fraction of sp³-hybridized carbons (Fsp3) is 0.393. The summed E-state index contributed by atoms with van der Waals surface area (Å²) in [5.74, 6) is 2.62. The summed E-state index contributed by atoms with van der Waals surface area (Å²) in [7, 11) is 1.58. The Morgan fingerprint density at radius 3 is 2.71 bits per heavy atom. The van der Waals surface area contributed by atoms with Gasteiger partial charge in [-0.3, -0.25) is 0 Å². The summed E-state index contributed by atoms with van der Waals surface area (Å²) in [4.78, 5) is 0. The highest BCUT2D eigenvalue weighted by atomic mass is 16.7.